The summed E-state index contributed by atoms with van der Waals surface area (Å²) in [6, 6.07) is 0.277. The zero-order chi connectivity index (χ0) is 10.7. The quantitative estimate of drug-likeness (QED) is 0.888. The SMILES string of the molecule is CCc1ncnc(NC2CCNC2)c1F.Cl.Cl. The zero-order valence-corrected chi connectivity index (χ0v) is 11.2. The summed E-state index contributed by atoms with van der Waals surface area (Å²) < 4.78 is 13.7. The maximum Gasteiger partial charge on any atom is 0.186 e. The van der Waals surface area contributed by atoms with Gasteiger partial charge >= 0.3 is 0 Å². The summed E-state index contributed by atoms with van der Waals surface area (Å²) in [7, 11) is 0. The Labute approximate surface area is 113 Å². The summed E-state index contributed by atoms with van der Waals surface area (Å²) in [6.45, 7) is 3.72. The molecule has 4 nitrogen and oxygen atoms in total. The van der Waals surface area contributed by atoms with Crippen LogP contribution >= 0.6 is 24.8 Å². The van der Waals surface area contributed by atoms with E-state index in [0.29, 0.717) is 17.9 Å². The van der Waals surface area contributed by atoms with Gasteiger partial charge < -0.3 is 10.6 Å². The number of nitrogens with zero attached hydrogens (tertiary/aromatic N) is 2. The van der Waals surface area contributed by atoms with Crippen molar-refractivity contribution in [3.63, 3.8) is 0 Å². The Morgan fingerprint density at radius 1 is 1.47 bits per heavy atom. The van der Waals surface area contributed by atoms with Gasteiger partial charge in [-0.15, -0.1) is 24.8 Å². The first-order chi connectivity index (χ1) is 7.31. The first kappa shape index (κ1) is 16.4. The molecule has 1 fully saturated rings. The van der Waals surface area contributed by atoms with Gasteiger partial charge in [-0.3, -0.25) is 0 Å². The molecule has 1 aliphatic rings. The van der Waals surface area contributed by atoms with Crippen molar-refractivity contribution in [3.8, 4) is 0 Å². The Hall–Kier alpha value is -0.650. The first-order valence-electron chi connectivity index (χ1n) is 5.28. The van der Waals surface area contributed by atoms with Gasteiger partial charge in [0, 0.05) is 12.6 Å². The lowest BCUT2D eigenvalue weighted by Crippen LogP contribution is -2.23. The van der Waals surface area contributed by atoms with E-state index in [0.717, 1.165) is 19.5 Å². The predicted octanol–water partition coefficient (Wildman–Crippen LogP) is 1.80. The lowest BCUT2D eigenvalue weighted by Gasteiger charge is -2.13. The first-order valence-corrected chi connectivity index (χ1v) is 5.28. The van der Waals surface area contributed by atoms with Crippen LogP contribution in [0.15, 0.2) is 6.33 Å². The van der Waals surface area contributed by atoms with Crippen molar-refractivity contribution >= 4 is 30.6 Å². The highest BCUT2D eigenvalue weighted by Gasteiger charge is 2.17. The Bertz CT molecular complexity index is 345. The lowest BCUT2D eigenvalue weighted by atomic mass is 10.2. The topological polar surface area (TPSA) is 49.8 Å². The zero-order valence-electron chi connectivity index (χ0n) is 9.57. The summed E-state index contributed by atoms with van der Waals surface area (Å²) >= 11 is 0. The van der Waals surface area contributed by atoms with Crippen molar-refractivity contribution in [1.82, 2.24) is 15.3 Å². The molecule has 1 aromatic heterocycles. The minimum absolute atomic E-state index is 0. The minimum atomic E-state index is -0.313. The number of aryl methyl sites for hydroxylation is 1. The number of hydrogen-bond donors (Lipinski definition) is 2. The molecule has 98 valence electrons. The molecule has 1 aromatic rings. The molecule has 1 saturated heterocycles. The van der Waals surface area contributed by atoms with E-state index in [1.807, 2.05) is 6.92 Å². The van der Waals surface area contributed by atoms with Gasteiger partial charge in [0.05, 0.1) is 5.69 Å². The molecule has 1 atom stereocenters. The van der Waals surface area contributed by atoms with Crippen LogP contribution in [0.3, 0.4) is 0 Å². The van der Waals surface area contributed by atoms with E-state index in [4.69, 9.17) is 0 Å². The summed E-state index contributed by atoms with van der Waals surface area (Å²) in [6.07, 6.45) is 3.00. The van der Waals surface area contributed by atoms with Crippen molar-refractivity contribution < 1.29 is 4.39 Å². The van der Waals surface area contributed by atoms with Crippen LogP contribution in [0.2, 0.25) is 0 Å². The number of hydrogen-bond acceptors (Lipinski definition) is 4. The highest BCUT2D eigenvalue weighted by atomic mass is 35.5. The molecule has 2 rings (SSSR count). The molecule has 1 unspecified atom stereocenters. The fraction of sp³-hybridized carbons (Fsp3) is 0.600. The summed E-state index contributed by atoms with van der Waals surface area (Å²) in [5, 5.41) is 6.31. The summed E-state index contributed by atoms with van der Waals surface area (Å²) in [5.74, 6) is 0.0162. The van der Waals surface area contributed by atoms with E-state index in [9.17, 15) is 4.39 Å². The third kappa shape index (κ3) is 3.94. The van der Waals surface area contributed by atoms with Gasteiger partial charge in [0.15, 0.2) is 11.6 Å². The van der Waals surface area contributed by atoms with Crippen LogP contribution < -0.4 is 10.6 Å². The van der Waals surface area contributed by atoms with Crippen LogP contribution in [0.5, 0.6) is 0 Å². The highest BCUT2D eigenvalue weighted by molar-refractivity contribution is 5.85. The second-order valence-electron chi connectivity index (χ2n) is 3.67. The van der Waals surface area contributed by atoms with Gasteiger partial charge in [-0.1, -0.05) is 6.92 Å². The second-order valence-corrected chi connectivity index (χ2v) is 3.67. The Morgan fingerprint density at radius 2 is 2.24 bits per heavy atom. The Kier molecular flexibility index (Phi) is 7.34. The lowest BCUT2D eigenvalue weighted by molar-refractivity contribution is 0.592. The van der Waals surface area contributed by atoms with Crippen molar-refractivity contribution in [2.75, 3.05) is 18.4 Å². The number of halogens is 3. The van der Waals surface area contributed by atoms with Crippen molar-refractivity contribution in [1.29, 1.82) is 0 Å². The molecule has 2 heterocycles. The molecule has 0 aliphatic carbocycles. The molecule has 0 amide bonds. The van der Waals surface area contributed by atoms with Gasteiger partial charge in [-0.2, -0.15) is 0 Å². The maximum atomic E-state index is 13.7. The molecule has 17 heavy (non-hydrogen) atoms. The largest absolute Gasteiger partial charge is 0.363 e. The van der Waals surface area contributed by atoms with Gasteiger partial charge in [-0.25, -0.2) is 14.4 Å². The van der Waals surface area contributed by atoms with E-state index in [1.165, 1.54) is 6.33 Å². The third-order valence-corrected chi connectivity index (χ3v) is 2.60. The van der Waals surface area contributed by atoms with Crippen LogP contribution in [-0.4, -0.2) is 29.1 Å². The molecule has 1 aliphatic heterocycles. The van der Waals surface area contributed by atoms with Crippen LogP contribution in [0.4, 0.5) is 10.2 Å². The molecule has 0 bridgehead atoms. The summed E-state index contributed by atoms with van der Waals surface area (Å²) in [4.78, 5) is 7.82. The number of aromatic nitrogens is 2. The van der Waals surface area contributed by atoms with E-state index < -0.39 is 0 Å². The van der Waals surface area contributed by atoms with E-state index in [-0.39, 0.29) is 36.7 Å². The van der Waals surface area contributed by atoms with Crippen LogP contribution in [0, 0.1) is 5.82 Å². The average Bonchev–Trinajstić information content (AvgIpc) is 2.74. The van der Waals surface area contributed by atoms with E-state index in [2.05, 4.69) is 20.6 Å². The predicted molar refractivity (Wildman–Crippen MR) is 70.8 cm³/mol. The van der Waals surface area contributed by atoms with Gasteiger partial charge in [-0.05, 0) is 19.4 Å². The van der Waals surface area contributed by atoms with Crippen molar-refractivity contribution in [2.45, 2.75) is 25.8 Å². The van der Waals surface area contributed by atoms with Gasteiger partial charge in [0.1, 0.15) is 6.33 Å². The van der Waals surface area contributed by atoms with Crippen molar-refractivity contribution in [2.24, 2.45) is 0 Å². The molecule has 0 aromatic carbocycles. The monoisotopic (exact) mass is 282 g/mol. The fourth-order valence-corrected chi connectivity index (χ4v) is 1.72. The average molecular weight is 283 g/mol. The molecule has 7 heteroatoms. The number of rotatable bonds is 3. The second kappa shape index (κ2) is 7.63. The Balaban J connectivity index is 0.00000128. The molecule has 2 N–H and O–H groups in total. The number of nitrogens with one attached hydrogen (secondary N) is 2. The van der Waals surface area contributed by atoms with Crippen LogP contribution in [-0.2, 0) is 6.42 Å². The molecular formula is C10H17Cl2FN4. The fourth-order valence-electron chi connectivity index (χ4n) is 1.72. The molecule has 0 saturated carbocycles. The minimum Gasteiger partial charge on any atom is -0.363 e. The van der Waals surface area contributed by atoms with E-state index in [1.54, 1.807) is 0 Å². The van der Waals surface area contributed by atoms with Gasteiger partial charge in [0.2, 0.25) is 0 Å². The Morgan fingerprint density at radius 3 is 2.82 bits per heavy atom. The standard InChI is InChI=1S/C10H15FN4.2ClH/c1-2-8-9(11)10(14-6-13-8)15-7-3-4-12-5-7;;/h6-7,12H,2-5H2,1H3,(H,13,14,15);2*1H. The van der Waals surface area contributed by atoms with Crippen molar-refractivity contribution in [3.05, 3.63) is 17.8 Å². The van der Waals surface area contributed by atoms with Gasteiger partial charge in [0.25, 0.3) is 0 Å². The smallest absolute Gasteiger partial charge is 0.186 e. The molecular weight excluding hydrogens is 266 g/mol. The third-order valence-electron chi connectivity index (χ3n) is 2.60. The van der Waals surface area contributed by atoms with Crippen LogP contribution in [0.25, 0.3) is 0 Å². The normalized spacial score (nSPS) is 18.1. The number of anilines is 1. The van der Waals surface area contributed by atoms with Crippen LogP contribution in [0.1, 0.15) is 19.0 Å². The maximum absolute atomic E-state index is 13.7. The highest BCUT2D eigenvalue weighted by Crippen LogP contribution is 2.15. The molecule has 0 spiro atoms. The molecule has 0 radical (unpaired) electrons. The van der Waals surface area contributed by atoms with E-state index >= 15 is 0 Å². The summed E-state index contributed by atoms with van der Waals surface area (Å²) in [5.41, 5.74) is 0.471.